The molecule has 0 aliphatic carbocycles. The van der Waals surface area contributed by atoms with E-state index in [2.05, 4.69) is 21.2 Å². The summed E-state index contributed by atoms with van der Waals surface area (Å²) in [7, 11) is 0. The average molecular weight is 333 g/mol. The molecule has 0 saturated carbocycles. The molecule has 0 fully saturated rings. The Labute approximate surface area is 117 Å². The highest BCUT2D eigenvalue weighted by Gasteiger charge is 2.06. The molecule has 2 aromatic rings. The second-order valence-corrected chi connectivity index (χ2v) is 5.79. The van der Waals surface area contributed by atoms with Crippen molar-refractivity contribution < 1.29 is 5.11 Å². The smallest absolute Gasteiger partial charge is 0.121 e. The van der Waals surface area contributed by atoms with Crippen molar-refractivity contribution in [1.82, 2.24) is 5.32 Å². The highest BCUT2D eigenvalue weighted by Crippen LogP contribution is 2.26. The zero-order chi connectivity index (χ0) is 12.3. The molecule has 90 valence electrons. The van der Waals surface area contributed by atoms with Gasteiger partial charge >= 0.3 is 0 Å². The lowest BCUT2D eigenvalue weighted by atomic mass is 10.2. The number of aromatic hydroxyl groups is 1. The van der Waals surface area contributed by atoms with Gasteiger partial charge in [0.2, 0.25) is 0 Å². The van der Waals surface area contributed by atoms with Crippen LogP contribution in [0.3, 0.4) is 0 Å². The van der Waals surface area contributed by atoms with Gasteiger partial charge in [0.15, 0.2) is 0 Å². The molecule has 1 heterocycles. The lowest BCUT2D eigenvalue weighted by Gasteiger charge is -2.08. The Morgan fingerprint density at radius 1 is 1.29 bits per heavy atom. The van der Waals surface area contributed by atoms with Gasteiger partial charge in [-0.15, -0.1) is 11.3 Å². The molecular formula is C12H11BrClNOS. The Balaban J connectivity index is 1.97. The third kappa shape index (κ3) is 3.22. The predicted molar refractivity (Wildman–Crippen MR) is 75.7 cm³/mol. The summed E-state index contributed by atoms with van der Waals surface area (Å²) < 4.78 is 1.11. The Hall–Kier alpha value is -0.550. The summed E-state index contributed by atoms with van der Waals surface area (Å²) in [5.41, 5.74) is 0.738. The first-order valence-corrected chi connectivity index (χ1v) is 7.12. The van der Waals surface area contributed by atoms with E-state index in [1.807, 2.05) is 11.4 Å². The number of phenols is 1. The van der Waals surface area contributed by atoms with Gasteiger partial charge in [-0.05, 0) is 39.5 Å². The van der Waals surface area contributed by atoms with E-state index in [0.717, 1.165) is 16.6 Å². The minimum absolute atomic E-state index is 0.232. The summed E-state index contributed by atoms with van der Waals surface area (Å²) in [6.45, 7) is 1.30. The molecular weight excluding hydrogens is 322 g/mol. The van der Waals surface area contributed by atoms with Gasteiger partial charge in [0.05, 0.1) is 0 Å². The van der Waals surface area contributed by atoms with Crippen molar-refractivity contribution in [3.8, 4) is 5.75 Å². The molecule has 1 aromatic carbocycles. The quantitative estimate of drug-likeness (QED) is 0.881. The molecule has 5 heteroatoms. The standard InChI is InChI=1S/C12H11BrClNOS/c13-9-4-5-17-12(9)7-15-6-8-10(14)2-1-3-11(8)16/h1-5,15-16H,6-7H2. The van der Waals surface area contributed by atoms with Crippen LogP contribution in [-0.2, 0) is 13.1 Å². The summed E-state index contributed by atoms with van der Waals surface area (Å²) in [6.07, 6.45) is 0. The van der Waals surface area contributed by atoms with E-state index in [0.29, 0.717) is 11.6 Å². The fourth-order valence-corrected chi connectivity index (χ4v) is 3.17. The number of phenolic OH excluding ortho intramolecular Hbond substituents is 1. The van der Waals surface area contributed by atoms with Gasteiger partial charge < -0.3 is 10.4 Å². The molecule has 2 nitrogen and oxygen atoms in total. The van der Waals surface area contributed by atoms with Crippen molar-refractivity contribution in [3.63, 3.8) is 0 Å². The van der Waals surface area contributed by atoms with Crippen LogP contribution in [0, 0.1) is 0 Å². The lowest BCUT2D eigenvalue weighted by Crippen LogP contribution is -2.12. The van der Waals surface area contributed by atoms with Gasteiger partial charge in [0.25, 0.3) is 0 Å². The average Bonchev–Trinajstić information content (AvgIpc) is 2.69. The highest BCUT2D eigenvalue weighted by molar-refractivity contribution is 9.10. The van der Waals surface area contributed by atoms with E-state index in [-0.39, 0.29) is 5.75 Å². The normalized spacial score (nSPS) is 10.7. The Bertz CT molecular complexity index is 495. The Kier molecular flexibility index (Phi) is 4.45. The molecule has 17 heavy (non-hydrogen) atoms. The van der Waals surface area contributed by atoms with Gasteiger partial charge in [-0.25, -0.2) is 0 Å². The van der Waals surface area contributed by atoms with E-state index >= 15 is 0 Å². The number of nitrogens with one attached hydrogen (secondary N) is 1. The molecule has 0 aliphatic rings. The van der Waals surface area contributed by atoms with Crippen LogP contribution < -0.4 is 5.32 Å². The monoisotopic (exact) mass is 331 g/mol. The Morgan fingerprint density at radius 2 is 2.12 bits per heavy atom. The summed E-state index contributed by atoms with van der Waals surface area (Å²) in [5, 5.41) is 15.6. The van der Waals surface area contributed by atoms with E-state index in [4.69, 9.17) is 11.6 Å². The Morgan fingerprint density at radius 3 is 2.76 bits per heavy atom. The van der Waals surface area contributed by atoms with Crippen molar-refractivity contribution in [2.24, 2.45) is 0 Å². The van der Waals surface area contributed by atoms with E-state index in [1.165, 1.54) is 4.88 Å². The topological polar surface area (TPSA) is 32.3 Å². The first-order chi connectivity index (χ1) is 8.18. The van der Waals surface area contributed by atoms with Crippen LogP contribution in [-0.4, -0.2) is 5.11 Å². The molecule has 0 aliphatic heterocycles. The van der Waals surface area contributed by atoms with E-state index < -0.39 is 0 Å². The zero-order valence-electron chi connectivity index (χ0n) is 8.91. The maximum absolute atomic E-state index is 9.67. The minimum atomic E-state index is 0.232. The first kappa shape index (κ1) is 12.9. The van der Waals surface area contributed by atoms with Crippen molar-refractivity contribution in [3.05, 3.63) is 49.6 Å². The third-order valence-corrected chi connectivity index (χ3v) is 4.65. The molecule has 0 spiro atoms. The molecule has 0 bridgehead atoms. The van der Waals surface area contributed by atoms with Crippen LogP contribution in [0.25, 0.3) is 0 Å². The van der Waals surface area contributed by atoms with Crippen LogP contribution >= 0.6 is 38.9 Å². The van der Waals surface area contributed by atoms with Crippen LogP contribution in [0.5, 0.6) is 5.75 Å². The molecule has 0 radical (unpaired) electrons. The molecule has 0 amide bonds. The van der Waals surface area contributed by atoms with Crippen LogP contribution in [0.15, 0.2) is 34.1 Å². The van der Waals surface area contributed by atoms with Crippen LogP contribution in [0.2, 0.25) is 5.02 Å². The summed E-state index contributed by atoms with van der Waals surface area (Å²) in [5.74, 6) is 0.232. The lowest BCUT2D eigenvalue weighted by molar-refractivity contribution is 0.464. The number of thiophene rings is 1. The summed E-state index contributed by atoms with van der Waals surface area (Å²) in [4.78, 5) is 1.23. The number of halogens is 2. The van der Waals surface area contributed by atoms with E-state index in [9.17, 15) is 5.11 Å². The molecule has 0 unspecified atom stereocenters. The molecule has 1 aromatic heterocycles. The predicted octanol–water partition coefficient (Wildman–Crippen LogP) is 4.16. The number of hydrogen-bond donors (Lipinski definition) is 2. The molecule has 0 atom stereocenters. The second-order valence-electron chi connectivity index (χ2n) is 3.53. The highest BCUT2D eigenvalue weighted by atomic mass is 79.9. The fourth-order valence-electron chi connectivity index (χ4n) is 1.47. The molecule has 0 saturated heterocycles. The SMILES string of the molecule is Oc1cccc(Cl)c1CNCc1sccc1Br. The van der Waals surface area contributed by atoms with Crippen molar-refractivity contribution in [2.75, 3.05) is 0 Å². The third-order valence-electron chi connectivity index (χ3n) is 2.37. The zero-order valence-corrected chi connectivity index (χ0v) is 12.1. The van der Waals surface area contributed by atoms with Gasteiger partial charge in [-0.2, -0.15) is 0 Å². The van der Waals surface area contributed by atoms with Gasteiger partial charge in [-0.3, -0.25) is 0 Å². The number of hydrogen-bond acceptors (Lipinski definition) is 3. The number of rotatable bonds is 4. The summed E-state index contributed by atoms with van der Waals surface area (Å²) >= 11 is 11.2. The maximum Gasteiger partial charge on any atom is 0.121 e. The van der Waals surface area contributed by atoms with Gasteiger partial charge in [0.1, 0.15) is 5.75 Å². The van der Waals surface area contributed by atoms with Gasteiger partial charge in [0, 0.05) is 33.0 Å². The van der Waals surface area contributed by atoms with Crippen LogP contribution in [0.4, 0.5) is 0 Å². The number of benzene rings is 1. The second kappa shape index (κ2) is 5.87. The minimum Gasteiger partial charge on any atom is -0.508 e. The maximum atomic E-state index is 9.67. The largest absolute Gasteiger partial charge is 0.508 e. The van der Waals surface area contributed by atoms with Crippen molar-refractivity contribution in [1.29, 1.82) is 0 Å². The first-order valence-electron chi connectivity index (χ1n) is 5.07. The van der Waals surface area contributed by atoms with E-state index in [1.54, 1.807) is 29.5 Å². The van der Waals surface area contributed by atoms with Gasteiger partial charge in [-0.1, -0.05) is 17.7 Å². The van der Waals surface area contributed by atoms with Crippen molar-refractivity contribution >= 4 is 38.9 Å². The fraction of sp³-hybridized carbons (Fsp3) is 0.167. The summed E-state index contributed by atoms with van der Waals surface area (Å²) in [6, 6.07) is 7.18. The van der Waals surface area contributed by atoms with Crippen molar-refractivity contribution in [2.45, 2.75) is 13.1 Å². The molecule has 2 N–H and O–H groups in total. The molecule has 2 rings (SSSR count). The van der Waals surface area contributed by atoms with Crippen LogP contribution in [0.1, 0.15) is 10.4 Å².